The van der Waals surface area contributed by atoms with E-state index in [4.69, 9.17) is 5.11 Å². The van der Waals surface area contributed by atoms with Gasteiger partial charge in [-0.1, -0.05) is 17.7 Å². The Labute approximate surface area is 69.4 Å². The third-order valence-corrected chi connectivity index (χ3v) is 1.62. The van der Waals surface area contributed by atoms with Gasteiger partial charge in [0.05, 0.1) is 6.10 Å². The van der Waals surface area contributed by atoms with Gasteiger partial charge in [0.1, 0.15) is 0 Å². The van der Waals surface area contributed by atoms with Crippen molar-refractivity contribution in [3.05, 3.63) is 23.3 Å². The second-order valence-electron chi connectivity index (χ2n) is 3.14. The minimum Gasteiger partial charge on any atom is -0.389 e. The summed E-state index contributed by atoms with van der Waals surface area (Å²) in [5.74, 6) is 0. The van der Waals surface area contributed by atoms with Crippen LogP contribution in [0.3, 0.4) is 0 Å². The zero-order chi connectivity index (χ0) is 8.85. The van der Waals surface area contributed by atoms with Crippen LogP contribution in [0.4, 0.5) is 0 Å². The maximum Gasteiger partial charge on any atom is 0.0719 e. The molecule has 0 aromatic heterocycles. The molecule has 0 fully saturated rings. The van der Waals surface area contributed by atoms with Crippen molar-refractivity contribution in [1.82, 2.24) is 0 Å². The summed E-state index contributed by atoms with van der Waals surface area (Å²) in [6.45, 7) is 7.88. The Hall–Kier alpha value is -0.560. The minimum absolute atomic E-state index is 0.305. The number of allylic oxidation sites excluding steroid dienone is 3. The first-order valence-corrected chi connectivity index (χ1v) is 4.02. The molecule has 0 radical (unpaired) electrons. The Morgan fingerprint density at radius 2 is 1.82 bits per heavy atom. The zero-order valence-electron chi connectivity index (χ0n) is 7.89. The van der Waals surface area contributed by atoms with Crippen molar-refractivity contribution in [1.29, 1.82) is 0 Å². The van der Waals surface area contributed by atoms with E-state index >= 15 is 0 Å². The monoisotopic (exact) mass is 154 g/mol. The molecule has 0 saturated heterocycles. The molecule has 0 aliphatic rings. The average molecular weight is 154 g/mol. The number of hydrogen-bond donors (Lipinski definition) is 1. The molecule has 0 aliphatic carbocycles. The lowest BCUT2D eigenvalue weighted by Crippen LogP contribution is -2.00. The fourth-order valence-electron chi connectivity index (χ4n) is 0.651. The summed E-state index contributed by atoms with van der Waals surface area (Å²) in [6.07, 6.45) is 4.82. The van der Waals surface area contributed by atoms with E-state index in [1.165, 1.54) is 5.57 Å². The maximum atomic E-state index is 9.10. The van der Waals surface area contributed by atoms with Crippen molar-refractivity contribution in [2.75, 3.05) is 0 Å². The first-order valence-electron chi connectivity index (χ1n) is 4.02. The van der Waals surface area contributed by atoms with Crippen LogP contribution >= 0.6 is 0 Å². The van der Waals surface area contributed by atoms with Crippen molar-refractivity contribution in [3.8, 4) is 0 Å². The molecule has 0 amide bonds. The van der Waals surface area contributed by atoms with Crippen molar-refractivity contribution in [3.63, 3.8) is 0 Å². The highest BCUT2D eigenvalue weighted by atomic mass is 16.3. The van der Waals surface area contributed by atoms with E-state index in [0.717, 1.165) is 12.0 Å². The van der Waals surface area contributed by atoms with E-state index in [1.54, 1.807) is 6.92 Å². The Balaban J connectivity index is 3.84. The summed E-state index contributed by atoms with van der Waals surface area (Å²) < 4.78 is 0. The summed E-state index contributed by atoms with van der Waals surface area (Å²) in [5.41, 5.74) is 2.36. The number of rotatable bonds is 3. The molecule has 1 atom stereocenters. The van der Waals surface area contributed by atoms with Gasteiger partial charge >= 0.3 is 0 Å². The summed E-state index contributed by atoms with van der Waals surface area (Å²) in [7, 11) is 0. The summed E-state index contributed by atoms with van der Waals surface area (Å²) in [6, 6.07) is 0. The second-order valence-corrected chi connectivity index (χ2v) is 3.14. The van der Waals surface area contributed by atoms with Crippen LogP contribution in [-0.4, -0.2) is 11.2 Å². The smallest absolute Gasteiger partial charge is 0.0719 e. The van der Waals surface area contributed by atoms with Gasteiger partial charge < -0.3 is 5.11 Å². The van der Waals surface area contributed by atoms with Gasteiger partial charge in [-0.05, 0) is 39.7 Å². The first-order chi connectivity index (χ1) is 5.04. The maximum absolute atomic E-state index is 9.10. The fourth-order valence-corrected chi connectivity index (χ4v) is 0.651. The molecule has 11 heavy (non-hydrogen) atoms. The van der Waals surface area contributed by atoms with E-state index in [1.807, 2.05) is 6.92 Å². The quantitative estimate of drug-likeness (QED) is 0.620. The Bertz CT molecular complexity index is 160. The van der Waals surface area contributed by atoms with Crippen LogP contribution in [0.15, 0.2) is 23.3 Å². The molecule has 0 aliphatic heterocycles. The van der Waals surface area contributed by atoms with Crippen molar-refractivity contribution < 1.29 is 5.11 Å². The minimum atomic E-state index is -0.305. The van der Waals surface area contributed by atoms with Gasteiger partial charge in [0.25, 0.3) is 0 Å². The van der Waals surface area contributed by atoms with E-state index in [9.17, 15) is 0 Å². The van der Waals surface area contributed by atoms with Gasteiger partial charge in [0.15, 0.2) is 0 Å². The third-order valence-electron chi connectivity index (χ3n) is 1.62. The van der Waals surface area contributed by atoms with Crippen LogP contribution in [0.5, 0.6) is 0 Å². The normalized spacial score (nSPS) is 14.5. The molecule has 0 saturated carbocycles. The van der Waals surface area contributed by atoms with Crippen LogP contribution in [0.1, 0.15) is 34.1 Å². The van der Waals surface area contributed by atoms with E-state index in [0.29, 0.717) is 0 Å². The molecule has 0 aromatic carbocycles. The van der Waals surface area contributed by atoms with Gasteiger partial charge in [0, 0.05) is 0 Å². The molecule has 0 bridgehead atoms. The standard InChI is InChI=1S/C10H18O/c1-8(2)6-5-7-9(3)10(4)11/h6-7,10-11H,5H2,1-4H3/b9-7-/t10-/m1/s1. The molecule has 64 valence electrons. The van der Waals surface area contributed by atoms with E-state index in [2.05, 4.69) is 26.0 Å². The molecule has 0 heterocycles. The molecule has 1 nitrogen and oxygen atoms in total. The van der Waals surface area contributed by atoms with Crippen LogP contribution in [0, 0.1) is 0 Å². The zero-order valence-corrected chi connectivity index (χ0v) is 7.89. The molecular formula is C10H18O. The molecule has 0 rings (SSSR count). The van der Waals surface area contributed by atoms with Crippen LogP contribution in [0.2, 0.25) is 0 Å². The number of aliphatic hydroxyl groups is 1. The highest BCUT2D eigenvalue weighted by Crippen LogP contribution is 2.03. The lowest BCUT2D eigenvalue weighted by Gasteiger charge is -2.02. The van der Waals surface area contributed by atoms with E-state index in [-0.39, 0.29) is 6.10 Å². The number of aliphatic hydroxyl groups excluding tert-OH is 1. The Morgan fingerprint density at radius 3 is 2.18 bits per heavy atom. The molecule has 1 N–H and O–H groups in total. The first kappa shape index (κ1) is 10.4. The van der Waals surface area contributed by atoms with Crippen LogP contribution in [-0.2, 0) is 0 Å². The lowest BCUT2D eigenvalue weighted by molar-refractivity contribution is 0.231. The SMILES string of the molecule is CC(C)=CC/C=C(/C)[C@@H](C)O. The predicted molar refractivity (Wildman–Crippen MR) is 49.5 cm³/mol. The Kier molecular flexibility index (Phi) is 4.88. The van der Waals surface area contributed by atoms with Crippen molar-refractivity contribution >= 4 is 0 Å². The summed E-state index contributed by atoms with van der Waals surface area (Å²) >= 11 is 0. The van der Waals surface area contributed by atoms with E-state index < -0.39 is 0 Å². The van der Waals surface area contributed by atoms with Gasteiger partial charge in [0.2, 0.25) is 0 Å². The molecular weight excluding hydrogens is 136 g/mol. The van der Waals surface area contributed by atoms with Gasteiger partial charge in [-0.15, -0.1) is 0 Å². The van der Waals surface area contributed by atoms with Crippen molar-refractivity contribution in [2.45, 2.75) is 40.2 Å². The molecule has 0 aromatic rings. The lowest BCUT2D eigenvalue weighted by atomic mass is 10.1. The fraction of sp³-hybridized carbons (Fsp3) is 0.600. The summed E-state index contributed by atoms with van der Waals surface area (Å²) in [4.78, 5) is 0. The van der Waals surface area contributed by atoms with Crippen molar-refractivity contribution in [2.24, 2.45) is 0 Å². The molecule has 1 heteroatoms. The highest BCUT2D eigenvalue weighted by Gasteiger charge is 1.94. The number of hydrogen-bond acceptors (Lipinski definition) is 1. The topological polar surface area (TPSA) is 20.2 Å². The van der Waals surface area contributed by atoms with Gasteiger partial charge in [-0.25, -0.2) is 0 Å². The largest absolute Gasteiger partial charge is 0.389 e. The average Bonchev–Trinajstić information content (AvgIpc) is 1.86. The van der Waals surface area contributed by atoms with Crippen LogP contribution < -0.4 is 0 Å². The Morgan fingerprint density at radius 1 is 1.27 bits per heavy atom. The van der Waals surface area contributed by atoms with Gasteiger partial charge in [-0.2, -0.15) is 0 Å². The molecule has 0 unspecified atom stereocenters. The predicted octanol–water partition coefficient (Wildman–Crippen LogP) is 2.67. The summed E-state index contributed by atoms with van der Waals surface area (Å²) in [5, 5.41) is 9.10. The van der Waals surface area contributed by atoms with Crippen LogP contribution in [0.25, 0.3) is 0 Å². The highest BCUT2D eigenvalue weighted by molar-refractivity contribution is 5.07. The molecule has 0 spiro atoms. The third kappa shape index (κ3) is 5.86. The second kappa shape index (κ2) is 5.14. The van der Waals surface area contributed by atoms with Gasteiger partial charge in [-0.3, -0.25) is 0 Å².